The smallest absolute Gasteiger partial charge is 0.335 e. The molecule has 3 aromatic rings. The van der Waals surface area contributed by atoms with E-state index in [-0.39, 0.29) is 31.8 Å². The third-order valence-corrected chi connectivity index (χ3v) is 7.24. The van der Waals surface area contributed by atoms with Gasteiger partial charge in [0.25, 0.3) is 5.91 Å². The van der Waals surface area contributed by atoms with Crippen molar-refractivity contribution >= 4 is 35.0 Å². The van der Waals surface area contributed by atoms with Crippen molar-refractivity contribution in [3.05, 3.63) is 106 Å². The molecule has 9 heteroatoms. The third kappa shape index (κ3) is 7.08. The fraction of sp³-hybridized carbons (Fsp3) is 0.310. The molecule has 1 heterocycles. The Kier molecular flexibility index (Phi) is 9.00. The number of carbonyl (C=O) groups is 2. The minimum absolute atomic E-state index is 0.0665. The Morgan fingerprint density at radius 2 is 1.47 bits per heavy atom. The van der Waals surface area contributed by atoms with Crippen LogP contribution in [0.1, 0.15) is 34.3 Å². The summed E-state index contributed by atoms with van der Waals surface area (Å²) in [6.07, 6.45) is -3.82. The Hall–Kier alpha value is -3.03. The Morgan fingerprint density at radius 1 is 0.895 bits per heavy atom. The van der Waals surface area contributed by atoms with Crippen LogP contribution in [0.3, 0.4) is 0 Å². The maximum Gasteiger partial charge on any atom is 0.471 e. The molecular formula is C29H27Cl2F3N2O2. The van der Waals surface area contributed by atoms with E-state index in [1.807, 2.05) is 60.7 Å². The average Bonchev–Trinajstić information content (AvgIpc) is 2.88. The van der Waals surface area contributed by atoms with Crippen LogP contribution >= 0.6 is 23.2 Å². The van der Waals surface area contributed by atoms with Crippen LogP contribution < -0.4 is 0 Å². The van der Waals surface area contributed by atoms with Crippen LogP contribution in [-0.4, -0.2) is 53.0 Å². The summed E-state index contributed by atoms with van der Waals surface area (Å²) in [4.78, 5) is 28.7. The molecule has 2 amide bonds. The van der Waals surface area contributed by atoms with Gasteiger partial charge < -0.3 is 9.80 Å². The Labute approximate surface area is 229 Å². The van der Waals surface area contributed by atoms with Crippen LogP contribution in [0.25, 0.3) is 0 Å². The summed E-state index contributed by atoms with van der Waals surface area (Å²) in [5, 5.41) is 0.636. The number of amides is 2. The van der Waals surface area contributed by atoms with Crippen LogP contribution in [-0.2, 0) is 17.6 Å². The SMILES string of the molecule is O=C(c1cc(Cl)cc(Cl)c1)N1CC[C@@H](N(CCc2ccccc2)C(=O)C(F)(F)F)C[C@@H]1Cc1ccccc1. The molecule has 0 bridgehead atoms. The molecule has 0 aromatic heterocycles. The Balaban J connectivity index is 1.61. The minimum atomic E-state index is -4.99. The summed E-state index contributed by atoms with van der Waals surface area (Å²) in [6, 6.07) is 22.0. The molecule has 0 saturated carbocycles. The van der Waals surface area contributed by atoms with Gasteiger partial charge >= 0.3 is 12.1 Å². The summed E-state index contributed by atoms with van der Waals surface area (Å²) in [6.45, 7) is 0.126. The number of hydrogen-bond acceptors (Lipinski definition) is 2. The van der Waals surface area contributed by atoms with Gasteiger partial charge in [0.15, 0.2) is 0 Å². The molecule has 1 aliphatic heterocycles. The number of likely N-dealkylation sites (tertiary alicyclic amines) is 1. The zero-order chi connectivity index (χ0) is 27.3. The number of rotatable bonds is 7. The van der Waals surface area contributed by atoms with Crippen LogP contribution in [0.5, 0.6) is 0 Å². The zero-order valence-corrected chi connectivity index (χ0v) is 22.0. The van der Waals surface area contributed by atoms with E-state index in [4.69, 9.17) is 23.2 Å². The van der Waals surface area contributed by atoms with E-state index in [2.05, 4.69) is 0 Å². The molecule has 200 valence electrons. The number of piperidine rings is 1. The van der Waals surface area contributed by atoms with Gasteiger partial charge in [0, 0.05) is 40.8 Å². The van der Waals surface area contributed by atoms with Crippen molar-refractivity contribution in [3.63, 3.8) is 0 Å². The van der Waals surface area contributed by atoms with Gasteiger partial charge in [0.1, 0.15) is 0 Å². The molecule has 0 spiro atoms. The lowest BCUT2D eigenvalue weighted by molar-refractivity contribution is -0.188. The van der Waals surface area contributed by atoms with Crippen molar-refractivity contribution in [1.82, 2.24) is 9.80 Å². The number of nitrogens with zero attached hydrogens (tertiary/aromatic N) is 2. The number of carbonyl (C=O) groups excluding carboxylic acids is 2. The van der Waals surface area contributed by atoms with Crippen LogP contribution in [0.2, 0.25) is 10.0 Å². The van der Waals surface area contributed by atoms with Crippen molar-refractivity contribution in [2.75, 3.05) is 13.1 Å². The molecule has 38 heavy (non-hydrogen) atoms. The predicted octanol–water partition coefficient (Wildman–Crippen LogP) is 6.84. The molecule has 4 rings (SSSR count). The Morgan fingerprint density at radius 3 is 2.05 bits per heavy atom. The quantitative estimate of drug-likeness (QED) is 0.316. The molecule has 0 N–H and O–H groups in total. The van der Waals surface area contributed by atoms with E-state index in [1.54, 1.807) is 4.90 Å². The molecule has 1 saturated heterocycles. The van der Waals surface area contributed by atoms with E-state index < -0.39 is 24.2 Å². The molecular weight excluding hydrogens is 536 g/mol. The lowest BCUT2D eigenvalue weighted by Gasteiger charge is -2.44. The largest absolute Gasteiger partial charge is 0.471 e. The lowest BCUT2D eigenvalue weighted by atomic mass is 9.90. The van der Waals surface area contributed by atoms with E-state index in [0.717, 1.165) is 16.0 Å². The van der Waals surface area contributed by atoms with Crippen LogP contribution in [0, 0.1) is 0 Å². The first-order chi connectivity index (χ1) is 18.1. The predicted molar refractivity (Wildman–Crippen MR) is 142 cm³/mol. The van der Waals surface area contributed by atoms with E-state index >= 15 is 0 Å². The molecule has 0 unspecified atom stereocenters. The van der Waals surface area contributed by atoms with Gasteiger partial charge in [-0.3, -0.25) is 9.59 Å². The van der Waals surface area contributed by atoms with Crippen LogP contribution in [0.15, 0.2) is 78.9 Å². The number of benzene rings is 3. The average molecular weight is 563 g/mol. The van der Waals surface area contributed by atoms with Gasteiger partial charge in [0.05, 0.1) is 0 Å². The third-order valence-electron chi connectivity index (χ3n) is 6.80. The second-order valence-corrected chi connectivity index (χ2v) is 10.3. The second-order valence-electron chi connectivity index (χ2n) is 9.41. The highest BCUT2D eigenvalue weighted by Crippen LogP contribution is 2.30. The van der Waals surface area contributed by atoms with Gasteiger partial charge in [-0.2, -0.15) is 13.2 Å². The highest BCUT2D eigenvalue weighted by molar-refractivity contribution is 6.35. The van der Waals surface area contributed by atoms with E-state index in [1.165, 1.54) is 18.2 Å². The number of alkyl halides is 3. The summed E-state index contributed by atoms with van der Waals surface area (Å²) in [7, 11) is 0. The molecule has 4 nitrogen and oxygen atoms in total. The monoisotopic (exact) mass is 562 g/mol. The lowest BCUT2D eigenvalue weighted by Crippen LogP contribution is -2.56. The standard InChI is InChI=1S/C29H27Cl2F3N2O2/c30-23-16-22(17-24(31)18-23)27(37)35-14-12-25(19-26(35)15-21-9-5-2-6-10-21)36(28(38)29(32,33)34)13-11-20-7-3-1-4-8-20/h1-10,16-18,25-26H,11-15,19H2/t25-,26+/m1/s1. The molecule has 1 fully saturated rings. The van der Waals surface area contributed by atoms with Gasteiger partial charge in [-0.1, -0.05) is 83.9 Å². The first-order valence-corrected chi connectivity index (χ1v) is 13.1. The highest BCUT2D eigenvalue weighted by Gasteiger charge is 2.46. The van der Waals surface area contributed by atoms with Gasteiger partial charge in [0.2, 0.25) is 0 Å². The molecule has 3 aromatic carbocycles. The van der Waals surface area contributed by atoms with Gasteiger partial charge in [-0.05, 0) is 55.0 Å². The zero-order valence-electron chi connectivity index (χ0n) is 20.5. The van der Waals surface area contributed by atoms with Crippen molar-refractivity contribution in [2.24, 2.45) is 0 Å². The number of halogens is 5. The van der Waals surface area contributed by atoms with E-state index in [9.17, 15) is 22.8 Å². The highest BCUT2D eigenvalue weighted by atomic mass is 35.5. The maximum atomic E-state index is 13.6. The topological polar surface area (TPSA) is 40.6 Å². The van der Waals surface area contributed by atoms with Crippen molar-refractivity contribution in [3.8, 4) is 0 Å². The first-order valence-electron chi connectivity index (χ1n) is 12.3. The van der Waals surface area contributed by atoms with Crippen molar-refractivity contribution in [1.29, 1.82) is 0 Å². The first kappa shape index (κ1) is 28.0. The molecule has 2 atom stereocenters. The summed E-state index contributed by atoms with van der Waals surface area (Å²) >= 11 is 12.2. The van der Waals surface area contributed by atoms with Gasteiger partial charge in [-0.25, -0.2) is 0 Å². The van der Waals surface area contributed by atoms with Crippen molar-refractivity contribution < 1.29 is 22.8 Å². The fourth-order valence-corrected chi connectivity index (χ4v) is 5.54. The second kappa shape index (κ2) is 12.2. The molecule has 0 radical (unpaired) electrons. The Bertz CT molecular complexity index is 1240. The van der Waals surface area contributed by atoms with Gasteiger partial charge in [-0.15, -0.1) is 0 Å². The van der Waals surface area contributed by atoms with Crippen molar-refractivity contribution in [2.45, 2.75) is 43.9 Å². The number of hydrogen-bond donors (Lipinski definition) is 0. The van der Waals surface area contributed by atoms with E-state index in [0.29, 0.717) is 28.5 Å². The molecule has 1 aliphatic rings. The summed E-state index contributed by atoms with van der Waals surface area (Å²) < 4.78 is 40.9. The normalized spacial score (nSPS) is 17.8. The fourth-order valence-electron chi connectivity index (χ4n) is 5.01. The maximum absolute atomic E-state index is 13.6. The minimum Gasteiger partial charge on any atom is -0.335 e. The summed E-state index contributed by atoms with van der Waals surface area (Å²) in [5.74, 6) is -2.15. The molecule has 0 aliphatic carbocycles. The van der Waals surface area contributed by atoms with Crippen LogP contribution in [0.4, 0.5) is 13.2 Å². The summed E-state index contributed by atoms with van der Waals surface area (Å²) in [5.41, 5.74) is 2.10.